The molecule has 2 heterocycles. The van der Waals surface area contributed by atoms with E-state index in [1.54, 1.807) is 0 Å². The molecule has 0 saturated carbocycles. The van der Waals surface area contributed by atoms with Gasteiger partial charge in [-0.15, -0.1) is 0 Å². The summed E-state index contributed by atoms with van der Waals surface area (Å²) in [6.07, 6.45) is -4.96. The Morgan fingerprint density at radius 1 is 1.25 bits per heavy atom. The largest absolute Gasteiger partial charge is 0.394 e. The van der Waals surface area contributed by atoms with Gasteiger partial charge in [0.25, 0.3) is 0 Å². The fourth-order valence-corrected chi connectivity index (χ4v) is 1.94. The molecule has 11 heteroatoms. The van der Waals surface area contributed by atoms with E-state index in [2.05, 4.69) is 9.97 Å². The van der Waals surface area contributed by atoms with Crippen LogP contribution in [0, 0.1) is 10.1 Å². The van der Waals surface area contributed by atoms with Crippen LogP contribution in [0.4, 0.5) is 17.3 Å². The SMILES string of the molecule is Nc1nc(C2O[C@H](CO)[C@@H](O)[C@H]2O)nc(N)c1[N+](=O)[O-]. The average molecular weight is 287 g/mol. The number of ether oxygens (including phenoxy) is 1. The number of aliphatic hydroxyl groups is 3. The van der Waals surface area contributed by atoms with Crippen molar-refractivity contribution in [2.24, 2.45) is 0 Å². The predicted octanol–water partition coefficient (Wildman–Crippen LogP) is -2.30. The van der Waals surface area contributed by atoms with E-state index < -0.39 is 53.3 Å². The standard InChI is InChI=1S/C9H13N5O6/c10-7-3(14(18)19)8(11)13-9(12-7)6-5(17)4(16)2(1-15)20-6/h2,4-6,15-17H,1H2,(H4,10,11,12,13)/t2-,4-,5-,6?/m1/s1. The van der Waals surface area contributed by atoms with Gasteiger partial charge in [0.2, 0.25) is 11.6 Å². The molecule has 4 atom stereocenters. The fourth-order valence-electron chi connectivity index (χ4n) is 1.94. The first-order chi connectivity index (χ1) is 9.36. The number of aliphatic hydroxyl groups excluding tert-OH is 3. The van der Waals surface area contributed by atoms with Gasteiger partial charge < -0.3 is 31.5 Å². The first-order valence-electron chi connectivity index (χ1n) is 5.56. The zero-order chi connectivity index (χ0) is 15.0. The second kappa shape index (κ2) is 5.13. The lowest BCUT2D eigenvalue weighted by Crippen LogP contribution is -2.32. The number of aromatic nitrogens is 2. The number of hydrogen-bond donors (Lipinski definition) is 5. The van der Waals surface area contributed by atoms with Gasteiger partial charge in [-0.3, -0.25) is 10.1 Å². The van der Waals surface area contributed by atoms with Crippen LogP contribution in [0.5, 0.6) is 0 Å². The van der Waals surface area contributed by atoms with Crippen molar-refractivity contribution in [1.82, 2.24) is 9.97 Å². The van der Waals surface area contributed by atoms with E-state index >= 15 is 0 Å². The van der Waals surface area contributed by atoms with Crippen LogP contribution in [-0.2, 0) is 4.74 Å². The van der Waals surface area contributed by atoms with Crippen molar-refractivity contribution in [3.8, 4) is 0 Å². The van der Waals surface area contributed by atoms with Crippen molar-refractivity contribution in [3.05, 3.63) is 15.9 Å². The Kier molecular flexibility index (Phi) is 3.67. The molecule has 1 aromatic heterocycles. The van der Waals surface area contributed by atoms with Crippen LogP contribution in [0.15, 0.2) is 0 Å². The zero-order valence-electron chi connectivity index (χ0n) is 10.1. The second-order valence-electron chi connectivity index (χ2n) is 4.22. The summed E-state index contributed by atoms with van der Waals surface area (Å²) in [6.45, 7) is -0.521. The van der Waals surface area contributed by atoms with Crippen LogP contribution < -0.4 is 11.5 Å². The summed E-state index contributed by atoms with van der Waals surface area (Å²) in [5.41, 5.74) is 10.2. The maximum atomic E-state index is 10.7. The molecule has 0 aromatic carbocycles. The molecule has 1 aliphatic heterocycles. The van der Waals surface area contributed by atoms with Crippen LogP contribution in [0.2, 0.25) is 0 Å². The van der Waals surface area contributed by atoms with Crippen LogP contribution in [0.25, 0.3) is 0 Å². The smallest absolute Gasteiger partial charge is 0.352 e. The Bertz CT molecular complexity index is 517. The minimum atomic E-state index is -1.41. The summed E-state index contributed by atoms with van der Waals surface area (Å²) in [5, 5.41) is 39.1. The number of hydrogen-bond acceptors (Lipinski definition) is 10. The van der Waals surface area contributed by atoms with Crippen LogP contribution in [0.1, 0.15) is 11.9 Å². The van der Waals surface area contributed by atoms with E-state index in [0.717, 1.165) is 0 Å². The highest BCUT2D eigenvalue weighted by Crippen LogP contribution is 2.34. The van der Waals surface area contributed by atoms with Gasteiger partial charge in [-0.05, 0) is 0 Å². The summed E-state index contributed by atoms with van der Waals surface area (Å²) in [6, 6.07) is 0. The first-order valence-corrected chi connectivity index (χ1v) is 5.56. The van der Waals surface area contributed by atoms with Gasteiger partial charge in [0, 0.05) is 0 Å². The van der Waals surface area contributed by atoms with Crippen molar-refractivity contribution in [3.63, 3.8) is 0 Å². The van der Waals surface area contributed by atoms with Gasteiger partial charge in [-0.1, -0.05) is 0 Å². The van der Waals surface area contributed by atoms with Gasteiger partial charge in [0.05, 0.1) is 11.5 Å². The van der Waals surface area contributed by atoms with Crippen molar-refractivity contribution in [1.29, 1.82) is 0 Å². The van der Waals surface area contributed by atoms with Gasteiger partial charge >= 0.3 is 5.69 Å². The number of nitro groups is 1. The van der Waals surface area contributed by atoms with Gasteiger partial charge in [-0.25, -0.2) is 9.97 Å². The normalized spacial score (nSPS) is 29.6. The highest BCUT2D eigenvalue weighted by atomic mass is 16.6. The molecule has 1 aromatic rings. The molecular weight excluding hydrogens is 274 g/mol. The molecule has 7 N–H and O–H groups in total. The fraction of sp³-hybridized carbons (Fsp3) is 0.556. The van der Waals surface area contributed by atoms with Crippen molar-refractivity contribution in [2.75, 3.05) is 18.1 Å². The van der Waals surface area contributed by atoms with Crippen molar-refractivity contribution < 1.29 is 25.0 Å². The van der Waals surface area contributed by atoms with Crippen molar-refractivity contribution >= 4 is 17.3 Å². The maximum Gasteiger partial charge on any atom is 0.352 e. The highest BCUT2D eigenvalue weighted by molar-refractivity contribution is 5.65. The monoisotopic (exact) mass is 287 g/mol. The molecule has 0 spiro atoms. The van der Waals surface area contributed by atoms with Crippen LogP contribution >= 0.6 is 0 Å². The van der Waals surface area contributed by atoms with Gasteiger partial charge in [0.1, 0.15) is 24.4 Å². The highest BCUT2D eigenvalue weighted by Gasteiger charge is 2.45. The lowest BCUT2D eigenvalue weighted by molar-refractivity contribution is -0.383. The summed E-state index contributed by atoms with van der Waals surface area (Å²) >= 11 is 0. The second-order valence-corrected chi connectivity index (χ2v) is 4.22. The number of nitrogen functional groups attached to an aromatic ring is 2. The summed E-state index contributed by atoms with van der Waals surface area (Å²) < 4.78 is 5.18. The molecule has 11 nitrogen and oxygen atoms in total. The van der Waals surface area contributed by atoms with E-state index in [1.807, 2.05) is 0 Å². The Labute approximate surface area is 112 Å². The van der Waals surface area contributed by atoms with Crippen LogP contribution in [0.3, 0.4) is 0 Å². The van der Waals surface area contributed by atoms with E-state index in [1.165, 1.54) is 0 Å². The Morgan fingerprint density at radius 3 is 2.20 bits per heavy atom. The zero-order valence-corrected chi connectivity index (χ0v) is 10.1. The lowest BCUT2D eigenvalue weighted by atomic mass is 10.1. The van der Waals surface area contributed by atoms with E-state index in [0.29, 0.717) is 0 Å². The quantitative estimate of drug-likeness (QED) is 0.298. The van der Waals surface area contributed by atoms with Crippen molar-refractivity contribution in [2.45, 2.75) is 24.4 Å². The summed E-state index contributed by atoms with van der Waals surface area (Å²) in [4.78, 5) is 17.2. The molecule has 0 amide bonds. The van der Waals surface area contributed by atoms with Gasteiger partial charge in [-0.2, -0.15) is 0 Å². The maximum absolute atomic E-state index is 10.7. The molecule has 1 saturated heterocycles. The average Bonchev–Trinajstić information content (AvgIpc) is 2.64. The molecule has 0 bridgehead atoms. The summed E-state index contributed by atoms with van der Waals surface area (Å²) in [5.74, 6) is -1.15. The molecule has 110 valence electrons. The Hall–Kier alpha value is -2.08. The number of nitrogens with zero attached hydrogens (tertiary/aromatic N) is 3. The predicted molar refractivity (Wildman–Crippen MR) is 64.2 cm³/mol. The molecule has 1 aliphatic rings. The van der Waals surface area contributed by atoms with E-state index in [9.17, 15) is 20.3 Å². The number of nitrogens with two attached hydrogens (primary N) is 2. The molecule has 1 fully saturated rings. The summed E-state index contributed by atoms with van der Waals surface area (Å²) in [7, 11) is 0. The molecule has 2 rings (SSSR count). The molecule has 0 aliphatic carbocycles. The Morgan fingerprint density at radius 2 is 1.80 bits per heavy atom. The molecule has 0 radical (unpaired) electrons. The number of rotatable bonds is 3. The van der Waals surface area contributed by atoms with E-state index in [4.69, 9.17) is 21.3 Å². The minimum Gasteiger partial charge on any atom is -0.394 e. The van der Waals surface area contributed by atoms with E-state index in [-0.39, 0.29) is 5.82 Å². The topological polar surface area (TPSA) is 191 Å². The third-order valence-electron chi connectivity index (χ3n) is 2.93. The number of anilines is 2. The molecule has 20 heavy (non-hydrogen) atoms. The third kappa shape index (κ3) is 2.22. The minimum absolute atomic E-state index is 0.201. The first kappa shape index (κ1) is 14.3. The van der Waals surface area contributed by atoms with Gasteiger partial charge in [0.15, 0.2) is 5.82 Å². The third-order valence-corrected chi connectivity index (χ3v) is 2.93. The lowest BCUT2D eigenvalue weighted by Gasteiger charge is -2.13. The molecular formula is C9H13N5O6. The van der Waals surface area contributed by atoms with Crippen LogP contribution in [-0.4, -0.2) is 55.1 Å². The Balaban J connectivity index is 2.38. The molecule has 1 unspecified atom stereocenters.